The van der Waals surface area contributed by atoms with Crippen LogP contribution in [-0.2, 0) is 4.74 Å². The summed E-state index contributed by atoms with van der Waals surface area (Å²) in [5.41, 5.74) is 6.22. The van der Waals surface area contributed by atoms with E-state index in [2.05, 4.69) is 10.3 Å². The standard InChI is InChI=1S/C16H25N5O3/c1-2-24-15(22)13-14(17)21(10-19-13)12-5-7-20(8-6-12)16(23)18-9-11-3-4-11/h10-12H,2-9,17H2,1H3,(H,18,23). The first-order valence-corrected chi connectivity index (χ1v) is 8.62. The highest BCUT2D eigenvalue weighted by Crippen LogP contribution is 2.28. The number of carbonyl (C=O) groups is 2. The molecule has 0 aromatic carbocycles. The SMILES string of the molecule is CCOC(=O)c1ncn(C2CCN(C(=O)NCC3CC3)CC2)c1N. The molecular weight excluding hydrogens is 310 g/mol. The number of piperidine rings is 1. The largest absolute Gasteiger partial charge is 0.461 e. The number of nitrogens with two attached hydrogens (primary N) is 1. The van der Waals surface area contributed by atoms with E-state index in [0.717, 1.165) is 19.4 Å². The van der Waals surface area contributed by atoms with Gasteiger partial charge in [-0.15, -0.1) is 0 Å². The number of aromatic nitrogens is 2. The molecule has 1 aromatic rings. The number of anilines is 1. The molecule has 1 aliphatic heterocycles. The number of nitrogen functional groups attached to an aromatic ring is 1. The summed E-state index contributed by atoms with van der Waals surface area (Å²) in [7, 11) is 0. The van der Waals surface area contributed by atoms with E-state index in [-0.39, 0.29) is 17.8 Å². The molecule has 0 spiro atoms. The first kappa shape index (κ1) is 16.6. The molecule has 1 aliphatic carbocycles. The van der Waals surface area contributed by atoms with Gasteiger partial charge in [-0.3, -0.25) is 0 Å². The summed E-state index contributed by atoms with van der Waals surface area (Å²) in [6.07, 6.45) is 5.63. The lowest BCUT2D eigenvalue weighted by atomic mass is 10.1. The number of nitrogens with one attached hydrogen (secondary N) is 1. The molecule has 0 atom stereocenters. The number of rotatable bonds is 5. The van der Waals surface area contributed by atoms with E-state index in [0.29, 0.717) is 31.4 Å². The molecule has 0 radical (unpaired) electrons. The second-order valence-electron chi connectivity index (χ2n) is 6.45. The molecule has 132 valence electrons. The first-order valence-electron chi connectivity index (χ1n) is 8.62. The summed E-state index contributed by atoms with van der Waals surface area (Å²) in [5.74, 6) is 0.522. The molecule has 24 heavy (non-hydrogen) atoms. The fourth-order valence-corrected chi connectivity index (χ4v) is 3.03. The van der Waals surface area contributed by atoms with E-state index in [1.807, 2.05) is 9.47 Å². The molecule has 8 heteroatoms. The van der Waals surface area contributed by atoms with Crippen molar-refractivity contribution in [1.82, 2.24) is 19.8 Å². The van der Waals surface area contributed by atoms with Crippen LogP contribution < -0.4 is 11.1 Å². The number of ether oxygens (including phenoxy) is 1. The molecule has 3 N–H and O–H groups in total. The quantitative estimate of drug-likeness (QED) is 0.792. The Bertz CT molecular complexity index is 603. The molecule has 0 bridgehead atoms. The smallest absolute Gasteiger partial charge is 0.360 e. The van der Waals surface area contributed by atoms with Gasteiger partial charge < -0.3 is 25.3 Å². The number of nitrogens with zero attached hydrogens (tertiary/aromatic N) is 3. The van der Waals surface area contributed by atoms with Gasteiger partial charge in [0.1, 0.15) is 5.82 Å². The van der Waals surface area contributed by atoms with Crippen LogP contribution in [0.3, 0.4) is 0 Å². The Morgan fingerprint density at radius 2 is 2.04 bits per heavy atom. The zero-order valence-corrected chi connectivity index (χ0v) is 14.0. The monoisotopic (exact) mass is 335 g/mol. The maximum atomic E-state index is 12.1. The second kappa shape index (κ2) is 7.11. The van der Waals surface area contributed by atoms with E-state index in [9.17, 15) is 9.59 Å². The van der Waals surface area contributed by atoms with Crippen molar-refractivity contribution in [3.63, 3.8) is 0 Å². The zero-order valence-electron chi connectivity index (χ0n) is 14.0. The molecule has 2 amide bonds. The lowest BCUT2D eigenvalue weighted by molar-refractivity contribution is 0.0521. The topological polar surface area (TPSA) is 102 Å². The van der Waals surface area contributed by atoms with E-state index >= 15 is 0 Å². The molecule has 3 rings (SSSR count). The first-order chi connectivity index (χ1) is 11.6. The van der Waals surface area contributed by atoms with Gasteiger partial charge in [0, 0.05) is 25.7 Å². The summed E-state index contributed by atoms with van der Waals surface area (Å²) in [6, 6.07) is 0.166. The van der Waals surface area contributed by atoms with Crippen LogP contribution in [0.1, 0.15) is 49.1 Å². The van der Waals surface area contributed by atoms with E-state index in [1.165, 1.54) is 12.8 Å². The molecule has 2 aliphatic rings. The Morgan fingerprint density at radius 3 is 2.67 bits per heavy atom. The Balaban J connectivity index is 1.54. The van der Waals surface area contributed by atoms with Crippen molar-refractivity contribution in [1.29, 1.82) is 0 Å². The van der Waals surface area contributed by atoms with E-state index < -0.39 is 5.97 Å². The van der Waals surface area contributed by atoms with Crippen LogP contribution in [0.25, 0.3) is 0 Å². The highest BCUT2D eigenvalue weighted by molar-refractivity contribution is 5.92. The highest BCUT2D eigenvalue weighted by Gasteiger charge is 2.28. The molecule has 2 heterocycles. The van der Waals surface area contributed by atoms with Crippen LogP contribution in [0.4, 0.5) is 10.6 Å². The maximum Gasteiger partial charge on any atom is 0.360 e. The number of esters is 1. The average Bonchev–Trinajstić information content (AvgIpc) is 3.34. The van der Waals surface area contributed by atoms with Gasteiger partial charge in [-0.25, -0.2) is 14.6 Å². The summed E-state index contributed by atoms with van der Waals surface area (Å²) in [5, 5.41) is 3.00. The number of amides is 2. The second-order valence-corrected chi connectivity index (χ2v) is 6.45. The Hall–Kier alpha value is -2.25. The van der Waals surface area contributed by atoms with Crippen molar-refractivity contribution in [2.45, 2.75) is 38.6 Å². The van der Waals surface area contributed by atoms with Crippen molar-refractivity contribution in [3.05, 3.63) is 12.0 Å². The van der Waals surface area contributed by atoms with Crippen molar-refractivity contribution < 1.29 is 14.3 Å². The fourth-order valence-electron chi connectivity index (χ4n) is 3.03. The molecular formula is C16H25N5O3. The molecule has 0 unspecified atom stereocenters. The van der Waals surface area contributed by atoms with Gasteiger partial charge in [-0.2, -0.15) is 0 Å². The average molecular weight is 335 g/mol. The number of likely N-dealkylation sites (tertiary alicyclic amines) is 1. The van der Waals surface area contributed by atoms with Gasteiger partial charge in [-0.05, 0) is 38.5 Å². The lowest BCUT2D eigenvalue weighted by Crippen LogP contribution is -2.45. The summed E-state index contributed by atoms with van der Waals surface area (Å²) in [6.45, 7) is 4.17. The van der Waals surface area contributed by atoms with Gasteiger partial charge in [0.25, 0.3) is 0 Å². The molecule has 1 saturated heterocycles. The van der Waals surface area contributed by atoms with Crippen LogP contribution in [0.15, 0.2) is 6.33 Å². The van der Waals surface area contributed by atoms with Crippen LogP contribution in [0.5, 0.6) is 0 Å². The number of urea groups is 1. The van der Waals surface area contributed by atoms with Crippen LogP contribution in [-0.4, -0.2) is 52.7 Å². The van der Waals surface area contributed by atoms with E-state index in [4.69, 9.17) is 10.5 Å². The van der Waals surface area contributed by atoms with Gasteiger partial charge in [-0.1, -0.05) is 0 Å². The molecule has 1 aromatic heterocycles. The van der Waals surface area contributed by atoms with Crippen molar-refractivity contribution in [2.24, 2.45) is 5.92 Å². The summed E-state index contributed by atoms with van der Waals surface area (Å²) >= 11 is 0. The van der Waals surface area contributed by atoms with Crippen LogP contribution in [0.2, 0.25) is 0 Å². The minimum absolute atomic E-state index is 0.0196. The van der Waals surface area contributed by atoms with Crippen molar-refractivity contribution in [3.8, 4) is 0 Å². The van der Waals surface area contributed by atoms with E-state index in [1.54, 1.807) is 13.3 Å². The number of carbonyl (C=O) groups excluding carboxylic acids is 2. The molecule has 8 nitrogen and oxygen atoms in total. The maximum absolute atomic E-state index is 12.1. The van der Waals surface area contributed by atoms with Crippen LogP contribution >= 0.6 is 0 Å². The third-order valence-electron chi connectivity index (χ3n) is 4.68. The lowest BCUT2D eigenvalue weighted by Gasteiger charge is -2.33. The van der Waals surface area contributed by atoms with Crippen molar-refractivity contribution >= 4 is 17.8 Å². The zero-order chi connectivity index (χ0) is 17.1. The predicted octanol–water partition coefficient (Wildman–Crippen LogP) is 1.40. The third kappa shape index (κ3) is 3.63. The van der Waals surface area contributed by atoms with Crippen LogP contribution in [0, 0.1) is 5.92 Å². The minimum Gasteiger partial charge on any atom is -0.461 e. The van der Waals surface area contributed by atoms with Gasteiger partial charge in [0.05, 0.1) is 12.9 Å². The highest BCUT2D eigenvalue weighted by atomic mass is 16.5. The fraction of sp³-hybridized carbons (Fsp3) is 0.688. The molecule has 2 fully saturated rings. The van der Waals surface area contributed by atoms with Gasteiger partial charge in [0.2, 0.25) is 0 Å². The number of hydrogen-bond donors (Lipinski definition) is 2. The minimum atomic E-state index is -0.495. The Kier molecular flexibility index (Phi) is 4.92. The Labute approximate surface area is 141 Å². The number of hydrogen-bond acceptors (Lipinski definition) is 5. The van der Waals surface area contributed by atoms with Gasteiger partial charge >= 0.3 is 12.0 Å². The molecule has 1 saturated carbocycles. The summed E-state index contributed by atoms with van der Waals surface area (Å²) < 4.78 is 6.78. The predicted molar refractivity (Wildman–Crippen MR) is 88.6 cm³/mol. The van der Waals surface area contributed by atoms with Gasteiger partial charge in [0.15, 0.2) is 5.69 Å². The third-order valence-corrected chi connectivity index (χ3v) is 4.68. The summed E-state index contributed by atoms with van der Waals surface area (Å²) in [4.78, 5) is 29.8. The van der Waals surface area contributed by atoms with Crippen molar-refractivity contribution in [2.75, 3.05) is 32.0 Å². The number of imidazole rings is 1. The normalized spacial score (nSPS) is 18.5. The Morgan fingerprint density at radius 1 is 1.33 bits per heavy atom.